The number of carbonyl (C=O) groups excluding carboxylic acids is 1. The molecular formula is C16H24N2O3. The Morgan fingerprint density at radius 1 is 1.14 bits per heavy atom. The van der Waals surface area contributed by atoms with Crippen molar-refractivity contribution in [2.45, 2.75) is 51.6 Å². The number of unbranched alkanes of at least 4 members (excludes halogenated alkanes) is 1. The van der Waals surface area contributed by atoms with Crippen molar-refractivity contribution in [1.82, 2.24) is 10.6 Å². The van der Waals surface area contributed by atoms with Crippen LogP contribution in [0.1, 0.15) is 51.1 Å². The van der Waals surface area contributed by atoms with Gasteiger partial charge in [-0.3, -0.25) is 0 Å². The monoisotopic (exact) mass is 292 g/mol. The van der Waals surface area contributed by atoms with Gasteiger partial charge in [0.25, 0.3) is 0 Å². The number of carbonyl (C=O) groups is 2. The van der Waals surface area contributed by atoms with Crippen molar-refractivity contribution >= 4 is 12.0 Å². The second-order valence-electron chi connectivity index (χ2n) is 5.02. The van der Waals surface area contributed by atoms with Gasteiger partial charge in [0.15, 0.2) is 0 Å². The molecule has 2 amide bonds. The van der Waals surface area contributed by atoms with E-state index in [0.717, 1.165) is 24.8 Å². The molecular weight excluding hydrogens is 268 g/mol. The first kappa shape index (κ1) is 17.0. The Bertz CT molecular complexity index is 448. The Labute approximate surface area is 125 Å². The molecule has 0 saturated carbocycles. The lowest BCUT2D eigenvalue weighted by molar-refractivity contribution is -0.139. The first-order valence-electron chi connectivity index (χ1n) is 7.43. The number of carboxylic acid groups (broad SMARTS) is 1. The first-order valence-corrected chi connectivity index (χ1v) is 7.43. The highest BCUT2D eigenvalue weighted by Crippen LogP contribution is 2.15. The molecule has 1 unspecified atom stereocenters. The average molecular weight is 292 g/mol. The third kappa shape index (κ3) is 5.85. The summed E-state index contributed by atoms with van der Waals surface area (Å²) in [4.78, 5) is 23.1. The second kappa shape index (κ2) is 9.00. The molecule has 0 fully saturated rings. The largest absolute Gasteiger partial charge is 0.480 e. The van der Waals surface area contributed by atoms with E-state index in [1.165, 1.54) is 0 Å². The van der Waals surface area contributed by atoms with Crippen molar-refractivity contribution < 1.29 is 14.7 Å². The molecule has 1 rings (SSSR count). The van der Waals surface area contributed by atoms with E-state index in [1.807, 2.05) is 44.2 Å². The van der Waals surface area contributed by atoms with Gasteiger partial charge >= 0.3 is 12.0 Å². The summed E-state index contributed by atoms with van der Waals surface area (Å²) in [6.07, 6.45) is 2.85. The molecule has 0 spiro atoms. The Morgan fingerprint density at radius 3 is 2.33 bits per heavy atom. The SMILES string of the molecule is CCCC[C@H](NC(=O)NC(CC)c1ccccc1)C(=O)O. The minimum Gasteiger partial charge on any atom is -0.480 e. The standard InChI is InChI=1S/C16H24N2O3/c1-3-5-11-14(15(19)20)18-16(21)17-13(4-2)12-9-7-6-8-10-12/h6-10,13-14H,3-5,11H2,1-2H3,(H,19,20)(H2,17,18,21)/t13?,14-/m0/s1. The van der Waals surface area contributed by atoms with Crippen molar-refractivity contribution in [2.24, 2.45) is 0 Å². The third-order valence-corrected chi connectivity index (χ3v) is 3.37. The lowest BCUT2D eigenvalue weighted by atomic mass is 10.1. The van der Waals surface area contributed by atoms with E-state index in [9.17, 15) is 9.59 Å². The van der Waals surface area contributed by atoms with E-state index in [2.05, 4.69) is 10.6 Å². The van der Waals surface area contributed by atoms with Gasteiger partial charge < -0.3 is 15.7 Å². The van der Waals surface area contributed by atoms with Gasteiger partial charge in [-0.15, -0.1) is 0 Å². The lowest BCUT2D eigenvalue weighted by Gasteiger charge is -2.20. The molecule has 21 heavy (non-hydrogen) atoms. The maximum absolute atomic E-state index is 12.0. The molecule has 116 valence electrons. The van der Waals surface area contributed by atoms with Crippen LogP contribution in [0.5, 0.6) is 0 Å². The number of benzene rings is 1. The molecule has 2 atom stereocenters. The van der Waals surface area contributed by atoms with Gasteiger partial charge in [-0.05, 0) is 18.4 Å². The fraction of sp³-hybridized carbons (Fsp3) is 0.500. The highest BCUT2D eigenvalue weighted by atomic mass is 16.4. The number of hydrogen-bond acceptors (Lipinski definition) is 2. The highest BCUT2D eigenvalue weighted by molar-refractivity contribution is 5.82. The van der Waals surface area contributed by atoms with E-state index in [1.54, 1.807) is 0 Å². The van der Waals surface area contributed by atoms with E-state index >= 15 is 0 Å². The number of carboxylic acids is 1. The number of rotatable bonds is 8. The molecule has 5 heteroatoms. The van der Waals surface area contributed by atoms with Gasteiger partial charge in [-0.1, -0.05) is 57.0 Å². The molecule has 0 heterocycles. The minimum absolute atomic E-state index is 0.119. The summed E-state index contributed by atoms with van der Waals surface area (Å²) in [6, 6.07) is 8.25. The average Bonchev–Trinajstić information content (AvgIpc) is 2.49. The van der Waals surface area contributed by atoms with Crippen LogP contribution in [-0.4, -0.2) is 23.1 Å². The molecule has 0 aliphatic carbocycles. The van der Waals surface area contributed by atoms with Crippen molar-refractivity contribution in [3.8, 4) is 0 Å². The van der Waals surface area contributed by atoms with Crippen LogP contribution < -0.4 is 10.6 Å². The summed E-state index contributed by atoms with van der Waals surface area (Å²) in [7, 11) is 0. The lowest BCUT2D eigenvalue weighted by Crippen LogP contribution is -2.46. The van der Waals surface area contributed by atoms with E-state index < -0.39 is 18.0 Å². The van der Waals surface area contributed by atoms with Gasteiger partial charge in [-0.2, -0.15) is 0 Å². The van der Waals surface area contributed by atoms with Gasteiger partial charge in [0, 0.05) is 0 Å². The topological polar surface area (TPSA) is 78.4 Å². The zero-order valence-electron chi connectivity index (χ0n) is 12.6. The van der Waals surface area contributed by atoms with Crippen LogP contribution in [0.25, 0.3) is 0 Å². The smallest absolute Gasteiger partial charge is 0.326 e. The molecule has 5 nitrogen and oxygen atoms in total. The van der Waals surface area contributed by atoms with Crippen LogP contribution in [0.3, 0.4) is 0 Å². The van der Waals surface area contributed by atoms with Crippen LogP contribution in [0, 0.1) is 0 Å². The van der Waals surface area contributed by atoms with E-state index in [4.69, 9.17) is 5.11 Å². The fourth-order valence-corrected chi connectivity index (χ4v) is 2.13. The van der Waals surface area contributed by atoms with Crippen LogP contribution in [-0.2, 0) is 4.79 Å². The van der Waals surface area contributed by atoms with Gasteiger partial charge in [-0.25, -0.2) is 9.59 Å². The summed E-state index contributed by atoms with van der Waals surface area (Å²) in [5.74, 6) is -0.994. The van der Waals surface area contributed by atoms with Gasteiger partial charge in [0.05, 0.1) is 6.04 Å². The molecule has 0 radical (unpaired) electrons. The summed E-state index contributed by atoms with van der Waals surface area (Å²) in [5, 5.41) is 14.5. The normalized spacial score (nSPS) is 13.2. The molecule has 1 aromatic rings. The Kier molecular flexibility index (Phi) is 7.29. The number of hydrogen-bond donors (Lipinski definition) is 3. The molecule has 0 saturated heterocycles. The van der Waals surface area contributed by atoms with Crippen LogP contribution in [0.4, 0.5) is 4.79 Å². The Hall–Kier alpha value is -2.04. The predicted octanol–water partition coefficient (Wildman–Crippen LogP) is 3.08. The molecule has 0 aromatic heterocycles. The number of urea groups is 1. The number of amides is 2. The summed E-state index contributed by atoms with van der Waals surface area (Å²) in [6.45, 7) is 3.96. The maximum atomic E-state index is 12.0. The first-order chi connectivity index (χ1) is 10.1. The Balaban J connectivity index is 2.59. The number of aliphatic carboxylic acids is 1. The van der Waals surface area contributed by atoms with Crippen molar-refractivity contribution in [3.05, 3.63) is 35.9 Å². The van der Waals surface area contributed by atoms with Crippen LogP contribution in [0.2, 0.25) is 0 Å². The number of nitrogens with one attached hydrogen (secondary N) is 2. The predicted molar refractivity (Wildman–Crippen MR) is 82.1 cm³/mol. The van der Waals surface area contributed by atoms with Crippen molar-refractivity contribution in [1.29, 1.82) is 0 Å². The summed E-state index contributed by atoms with van der Waals surface area (Å²) < 4.78 is 0. The zero-order chi connectivity index (χ0) is 15.7. The fourth-order valence-electron chi connectivity index (χ4n) is 2.13. The molecule has 3 N–H and O–H groups in total. The third-order valence-electron chi connectivity index (χ3n) is 3.37. The van der Waals surface area contributed by atoms with E-state index in [-0.39, 0.29) is 6.04 Å². The molecule has 1 aromatic carbocycles. The molecule has 0 aliphatic rings. The zero-order valence-corrected chi connectivity index (χ0v) is 12.6. The van der Waals surface area contributed by atoms with E-state index in [0.29, 0.717) is 6.42 Å². The summed E-state index contributed by atoms with van der Waals surface area (Å²) >= 11 is 0. The van der Waals surface area contributed by atoms with Crippen LogP contribution >= 0.6 is 0 Å². The van der Waals surface area contributed by atoms with Crippen molar-refractivity contribution in [2.75, 3.05) is 0 Å². The van der Waals surface area contributed by atoms with Gasteiger partial charge in [0.2, 0.25) is 0 Å². The highest BCUT2D eigenvalue weighted by Gasteiger charge is 2.20. The second-order valence-corrected chi connectivity index (χ2v) is 5.02. The van der Waals surface area contributed by atoms with Crippen molar-refractivity contribution in [3.63, 3.8) is 0 Å². The quantitative estimate of drug-likeness (QED) is 0.689. The minimum atomic E-state index is -0.994. The Morgan fingerprint density at radius 2 is 1.81 bits per heavy atom. The van der Waals surface area contributed by atoms with Gasteiger partial charge in [0.1, 0.15) is 6.04 Å². The molecule has 0 bridgehead atoms. The molecule has 0 aliphatic heterocycles. The summed E-state index contributed by atoms with van der Waals surface area (Å²) in [5.41, 5.74) is 1.01. The maximum Gasteiger partial charge on any atom is 0.326 e. The van der Waals surface area contributed by atoms with Crippen LogP contribution in [0.15, 0.2) is 30.3 Å².